The molecule has 0 saturated carbocycles. The van der Waals surface area contributed by atoms with Crippen LogP contribution >= 0.6 is 0 Å². The number of rotatable bonds is 2. The smallest absolute Gasteiger partial charge is 0.0381 e. The number of hydrogen-bond donors (Lipinski definition) is 3. The largest absolute Gasteiger partial charge is 0.312 e. The number of hydrogen-bond acceptors (Lipinski definition) is 3. The topological polar surface area (TPSA) is 36.1 Å². The summed E-state index contributed by atoms with van der Waals surface area (Å²) in [5.74, 6) is 0.732. The number of piperidine rings is 1. The van der Waals surface area contributed by atoms with E-state index in [0.29, 0.717) is 18.1 Å². The van der Waals surface area contributed by atoms with E-state index in [-0.39, 0.29) is 0 Å². The second-order valence-corrected chi connectivity index (χ2v) is 5.04. The molecule has 0 bridgehead atoms. The van der Waals surface area contributed by atoms with E-state index in [9.17, 15) is 0 Å². The van der Waals surface area contributed by atoms with Crippen LogP contribution in [0.3, 0.4) is 0 Å². The third-order valence-electron chi connectivity index (χ3n) is 3.60. The summed E-state index contributed by atoms with van der Waals surface area (Å²) in [5, 5.41) is 3.62. The molecule has 3 nitrogen and oxygen atoms in total. The van der Waals surface area contributed by atoms with Gasteiger partial charge in [-0.15, -0.1) is 0 Å². The summed E-state index contributed by atoms with van der Waals surface area (Å²) in [6.45, 7) is 5.78. The highest BCUT2D eigenvalue weighted by Crippen LogP contribution is 2.19. The van der Waals surface area contributed by atoms with Gasteiger partial charge in [-0.05, 0) is 31.7 Å². The molecule has 0 aromatic rings. The van der Waals surface area contributed by atoms with E-state index in [1.165, 1.54) is 32.2 Å². The molecule has 3 atom stereocenters. The lowest BCUT2D eigenvalue weighted by Gasteiger charge is -2.28. The summed E-state index contributed by atoms with van der Waals surface area (Å²) in [5.41, 5.74) is 6.86. The Morgan fingerprint density at radius 3 is 2.50 bits per heavy atom. The van der Waals surface area contributed by atoms with Gasteiger partial charge >= 0.3 is 0 Å². The van der Waals surface area contributed by atoms with Gasteiger partial charge in [0.05, 0.1) is 0 Å². The number of nitrogens with one attached hydrogen (secondary N) is 3. The fourth-order valence-electron chi connectivity index (χ4n) is 2.53. The first kappa shape index (κ1) is 10.4. The van der Waals surface area contributed by atoms with E-state index in [4.69, 9.17) is 0 Å². The van der Waals surface area contributed by atoms with Gasteiger partial charge in [0.15, 0.2) is 0 Å². The maximum absolute atomic E-state index is 3.62. The monoisotopic (exact) mass is 197 g/mol. The van der Waals surface area contributed by atoms with Gasteiger partial charge < -0.3 is 5.32 Å². The molecule has 0 amide bonds. The molecule has 2 fully saturated rings. The van der Waals surface area contributed by atoms with Gasteiger partial charge in [0.2, 0.25) is 0 Å². The maximum Gasteiger partial charge on any atom is 0.0381 e. The fourth-order valence-corrected chi connectivity index (χ4v) is 2.53. The Kier molecular flexibility index (Phi) is 3.42. The van der Waals surface area contributed by atoms with E-state index in [1.807, 2.05) is 0 Å². The van der Waals surface area contributed by atoms with E-state index >= 15 is 0 Å². The highest BCUT2D eigenvalue weighted by Gasteiger charge is 2.31. The van der Waals surface area contributed by atoms with E-state index in [2.05, 4.69) is 30.0 Å². The van der Waals surface area contributed by atoms with Crippen molar-refractivity contribution in [1.82, 2.24) is 16.2 Å². The van der Waals surface area contributed by atoms with Crippen molar-refractivity contribution < 1.29 is 0 Å². The van der Waals surface area contributed by atoms with Gasteiger partial charge in [-0.2, -0.15) is 0 Å². The third kappa shape index (κ3) is 2.27. The van der Waals surface area contributed by atoms with Gasteiger partial charge in [0, 0.05) is 18.1 Å². The molecule has 0 aromatic heterocycles. The van der Waals surface area contributed by atoms with Gasteiger partial charge in [-0.25, -0.2) is 0 Å². The SMILES string of the molecule is CC(C)C1CC(C2CCCCN2)NN1. The molecule has 2 heterocycles. The number of hydrazine groups is 1. The van der Waals surface area contributed by atoms with Gasteiger partial charge in [0.25, 0.3) is 0 Å². The first-order chi connectivity index (χ1) is 6.77. The molecule has 0 radical (unpaired) electrons. The highest BCUT2D eigenvalue weighted by molar-refractivity contribution is 4.92. The zero-order chi connectivity index (χ0) is 9.97. The van der Waals surface area contributed by atoms with Crippen LogP contribution in [0.2, 0.25) is 0 Å². The van der Waals surface area contributed by atoms with Gasteiger partial charge in [0.1, 0.15) is 0 Å². The van der Waals surface area contributed by atoms with Crippen molar-refractivity contribution in [2.24, 2.45) is 5.92 Å². The van der Waals surface area contributed by atoms with Crippen molar-refractivity contribution >= 4 is 0 Å². The van der Waals surface area contributed by atoms with Crippen LogP contribution in [0.25, 0.3) is 0 Å². The Morgan fingerprint density at radius 2 is 1.93 bits per heavy atom. The maximum atomic E-state index is 3.62. The molecule has 2 aliphatic rings. The Labute approximate surface area is 87.0 Å². The molecule has 3 N–H and O–H groups in total. The van der Waals surface area contributed by atoms with Crippen molar-refractivity contribution in [2.45, 2.75) is 57.7 Å². The predicted molar refractivity (Wildman–Crippen MR) is 58.9 cm³/mol. The highest BCUT2D eigenvalue weighted by atomic mass is 15.4. The molecular formula is C11H23N3. The Balaban J connectivity index is 1.82. The van der Waals surface area contributed by atoms with Gasteiger partial charge in [-0.1, -0.05) is 20.3 Å². The predicted octanol–water partition coefficient (Wildman–Crippen LogP) is 1.02. The molecule has 3 unspecified atom stereocenters. The molecule has 0 aromatic carbocycles. The average molecular weight is 197 g/mol. The van der Waals surface area contributed by atoms with Crippen LogP contribution in [0.5, 0.6) is 0 Å². The average Bonchev–Trinajstić information content (AvgIpc) is 2.68. The van der Waals surface area contributed by atoms with Crippen molar-refractivity contribution in [1.29, 1.82) is 0 Å². The normalized spacial score (nSPS) is 39.2. The molecule has 14 heavy (non-hydrogen) atoms. The fraction of sp³-hybridized carbons (Fsp3) is 1.00. The Morgan fingerprint density at radius 1 is 1.07 bits per heavy atom. The van der Waals surface area contributed by atoms with Crippen molar-refractivity contribution in [3.63, 3.8) is 0 Å². The van der Waals surface area contributed by atoms with Crippen LogP contribution in [0.4, 0.5) is 0 Å². The molecule has 3 heteroatoms. The first-order valence-electron chi connectivity index (χ1n) is 6.02. The molecule has 2 aliphatic heterocycles. The quantitative estimate of drug-likeness (QED) is 0.618. The second kappa shape index (κ2) is 4.60. The van der Waals surface area contributed by atoms with Gasteiger partial charge in [-0.3, -0.25) is 10.9 Å². The summed E-state index contributed by atoms with van der Waals surface area (Å²) < 4.78 is 0. The minimum Gasteiger partial charge on any atom is -0.312 e. The van der Waals surface area contributed by atoms with Crippen molar-refractivity contribution in [3.05, 3.63) is 0 Å². The summed E-state index contributed by atoms with van der Waals surface area (Å²) in [6.07, 6.45) is 5.35. The zero-order valence-corrected chi connectivity index (χ0v) is 9.34. The Bertz CT molecular complexity index is 175. The molecule has 82 valence electrons. The lowest BCUT2D eigenvalue weighted by molar-refractivity contribution is 0.324. The summed E-state index contributed by atoms with van der Waals surface area (Å²) >= 11 is 0. The summed E-state index contributed by atoms with van der Waals surface area (Å²) in [4.78, 5) is 0. The molecule has 2 rings (SSSR count). The van der Waals surface area contributed by atoms with Crippen LogP contribution in [0, 0.1) is 5.92 Å². The molecular weight excluding hydrogens is 174 g/mol. The standard InChI is InChI=1S/C11H23N3/c1-8(2)10-7-11(14-13-10)9-5-3-4-6-12-9/h8-14H,3-7H2,1-2H3. The minimum absolute atomic E-state index is 0.641. The van der Waals surface area contributed by atoms with Crippen LogP contribution in [0.1, 0.15) is 39.5 Å². The lowest BCUT2D eigenvalue weighted by Crippen LogP contribution is -2.49. The Hall–Kier alpha value is -0.120. The minimum atomic E-state index is 0.641. The van der Waals surface area contributed by atoms with E-state index < -0.39 is 0 Å². The molecule has 0 aliphatic carbocycles. The van der Waals surface area contributed by atoms with Crippen LogP contribution in [-0.2, 0) is 0 Å². The second-order valence-electron chi connectivity index (χ2n) is 5.04. The van der Waals surface area contributed by atoms with E-state index in [1.54, 1.807) is 0 Å². The first-order valence-corrected chi connectivity index (χ1v) is 6.02. The van der Waals surface area contributed by atoms with Crippen LogP contribution in [0.15, 0.2) is 0 Å². The summed E-state index contributed by atoms with van der Waals surface area (Å²) in [7, 11) is 0. The van der Waals surface area contributed by atoms with Crippen LogP contribution in [-0.4, -0.2) is 24.7 Å². The molecule has 2 saturated heterocycles. The zero-order valence-electron chi connectivity index (χ0n) is 9.34. The van der Waals surface area contributed by atoms with Crippen molar-refractivity contribution in [3.8, 4) is 0 Å². The lowest BCUT2D eigenvalue weighted by atomic mass is 9.92. The van der Waals surface area contributed by atoms with Crippen LogP contribution < -0.4 is 16.2 Å². The van der Waals surface area contributed by atoms with Crippen molar-refractivity contribution in [2.75, 3.05) is 6.54 Å². The molecule has 0 spiro atoms. The third-order valence-corrected chi connectivity index (χ3v) is 3.60. The van der Waals surface area contributed by atoms with E-state index in [0.717, 1.165) is 5.92 Å². The summed E-state index contributed by atoms with van der Waals surface area (Å²) in [6, 6.07) is 1.99.